The van der Waals surface area contributed by atoms with Gasteiger partial charge in [-0.25, -0.2) is 4.98 Å². The van der Waals surface area contributed by atoms with Gasteiger partial charge in [0.05, 0.1) is 7.11 Å². The van der Waals surface area contributed by atoms with Crippen LogP contribution in [0.3, 0.4) is 0 Å². The number of hydrogen-bond donors (Lipinski definition) is 2. The van der Waals surface area contributed by atoms with Crippen LogP contribution in [0.1, 0.15) is 109 Å². The number of methoxy groups -OCH3 is 1. The summed E-state index contributed by atoms with van der Waals surface area (Å²) in [6.45, 7) is 1.13. The number of aryl methyl sites for hydroxylation is 1. The van der Waals surface area contributed by atoms with Gasteiger partial charge in [0.1, 0.15) is 18.1 Å². The minimum atomic E-state index is -0.923. The third kappa shape index (κ3) is 7.14. The monoisotopic (exact) mass is 525 g/mol. The molecule has 1 aromatic carbocycles. The number of rotatable bonds is 12. The van der Waals surface area contributed by atoms with Gasteiger partial charge >= 0.3 is 5.97 Å². The second kappa shape index (κ2) is 13.4. The number of nitrogens with zero attached hydrogens (tertiary/aromatic N) is 2. The van der Waals surface area contributed by atoms with Gasteiger partial charge in [-0.2, -0.15) is 0 Å². The summed E-state index contributed by atoms with van der Waals surface area (Å²) < 4.78 is 11.0. The van der Waals surface area contributed by atoms with Crippen LogP contribution in [0.4, 0.5) is 0 Å². The van der Waals surface area contributed by atoms with Gasteiger partial charge in [-0.15, -0.1) is 0 Å². The smallest absolute Gasteiger partial charge is 0.303 e. The molecule has 38 heavy (non-hydrogen) atoms. The Labute approximate surface area is 223 Å². The van der Waals surface area contributed by atoms with Crippen molar-refractivity contribution in [1.82, 2.24) is 15.2 Å². The van der Waals surface area contributed by atoms with Crippen LogP contribution in [-0.2, 0) is 11.2 Å². The number of oxazole rings is 1. The lowest BCUT2D eigenvalue weighted by Gasteiger charge is -2.24. The zero-order valence-electron chi connectivity index (χ0n) is 22.2. The summed E-state index contributed by atoms with van der Waals surface area (Å²) in [5.41, 5.74) is 1.28. The van der Waals surface area contributed by atoms with Crippen LogP contribution in [0.15, 0.2) is 28.9 Å². The Bertz CT molecular complexity index is 1110. The molecule has 1 atom stereocenters. The van der Waals surface area contributed by atoms with Gasteiger partial charge in [0, 0.05) is 25.1 Å². The summed E-state index contributed by atoms with van der Waals surface area (Å²) in [6.07, 6.45) is 13.0. The summed E-state index contributed by atoms with van der Waals surface area (Å²) in [7, 11) is 1.52. The highest BCUT2D eigenvalue weighted by molar-refractivity contribution is 5.97. The number of ether oxygens (including phenoxy) is 1. The van der Waals surface area contributed by atoms with Crippen LogP contribution < -0.4 is 10.1 Å². The van der Waals surface area contributed by atoms with E-state index in [0.717, 1.165) is 25.2 Å². The summed E-state index contributed by atoms with van der Waals surface area (Å²) in [4.78, 5) is 43.5. The van der Waals surface area contributed by atoms with E-state index >= 15 is 0 Å². The number of aliphatic carboxylic acids is 1. The maximum Gasteiger partial charge on any atom is 0.303 e. The first kappa shape index (κ1) is 27.7. The van der Waals surface area contributed by atoms with Crippen molar-refractivity contribution in [2.45, 2.75) is 83.1 Å². The molecule has 0 spiro atoms. The molecule has 2 aromatic rings. The van der Waals surface area contributed by atoms with E-state index in [1.165, 1.54) is 51.9 Å². The number of likely N-dealkylation sites (tertiary alicyclic amines) is 1. The molecule has 2 N–H and O–H groups in total. The molecule has 9 heteroatoms. The fourth-order valence-corrected chi connectivity index (χ4v) is 5.63. The molecule has 0 unspecified atom stereocenters. The van der Waals surface area contributed by atoms with E-state index < -0.39 is 12.0 Å². The van der Waals surface area contributed by atoms with Gasteiger partial charge in [0.25, 0.3) is 11.8 Å². The number of carbonyl (C=O) groups is 3. The zero-order valence-corrected chi connectivity index (χ0v) is 22.2. The standard InChI is InChI=1S/C29H39N3O6/c1-37-22-14-12-21(13-15-26(33)34)23(18-22)29(36)32-17-7-11-25(32)28-31-24(19-38-28)27(35)30-16-6-5-10-20-8-3-2-4-9-20/h12,14,18-20,25H,2-11,13,15-17H2,1H3,(H,30,35)(H,33,34)/t25-/m0/s1. The largest absolute Gasteiger partial charge is 0.497 e. The van der Waals surface area contributed by atoms with Gasteiger partial charge in [-0.05, 0) is 49.3 Å². The molecule has 206 valence electrons. The second-order valence-electron chi connectivity index (χ2n) is 10.4. The topological polar surface area (TPSA) is 122 Å². The summed E-state index contributed by atoms with van der Waals surface area (Å²) in [5, 5.41) is 12.1. The molecular formula is C29H39N3O6. The number of carbonyl (C=O) groups excluding carboxylic acids is 2. The molecule has 2 fully saturated rings. The van der Waals surface area contributed by atoms with Crippen LogP contribution in [-0.4, -0.2) is 53.0 Å². The average molecular weight is 526 g/mol. The fraction of sp³-hybridized carbons (Fsp3) is 0.586. The normalized spacial score (nSPS) is 17.9. The quantitative estimate of drug-likeness (QED) is 0.367. The number of hydrogen-bond acceptors (Lipinski definition) is 6. The average Bonchev–Trinajstić information content (AvgIpc) is 3.62. The molecule has 0 bridgehead atoms. The minimum absolute atomic E-state index is 0.0746. The molecule has 2 aliphatic rings. The number of nitrogens with one attached hydrogen (secondary N) is 1. The van der Waals surface area contributed by atoms with Crippen LogP contribution in [0.2, 0.25) is 0 Å². The van der Waals surface area contributed by atoms with Gasteiger partial charge in [-0.3, -0.25) is 14.4 Å². The van der Waals surface area contributed by atoms with E-state index in [1.807, 2.05) is 0 Å². The SMILES string of the molecule is COc1ccc(CCC(=O)O)c(C(=O)N2CCC[C@H]2c2nc(C(=O)NCCCCC3CCCCC3)co2)c1. The number of benzene rings is 1. The molecular weight excluding hydrogens is 486 g/mol. The highest BCUT2D eigenvalue weighted by Crippen LogP contribution is 2.34. The predicted octanol–water partition coefficient (Wildman–Crippen LogP) is 5.16. The van der Waals surface area contributed by atoms with E-state index in [9.17, 15) is 14.4 Å². The Morgan fingerprint density at radius 1 is 1.13 bits per heavy atom. The molecule has 1 aliphatic carbocycles. The Kier molecular flexibility index (Phi) is 9.79. The van der Waals surface area contributed by atoms with Crippen molar-refractivity contribution in [1.29, 1.82) is 0 Å². The van der Waals surface area contributed by atoms with Crippen molar-refractivity contribution in [3.05, 3.63) is 47.2 Å². The van der Waals surface area contributed by atoms with Crippen molar-refractivity contribution in [2.75, 3.05) is 20.2 Å². The molecule has 2 amide bonds. The first-order valence-electron chi connectivity index (χ1n) is 13.9. The van der Waals surface area contributed by atoms with Gasteiger partial charge < -0.3 is 24.5 Å². The minimum Gasteiger partial charge on any atom is -0.497 e. The van der Waals surface area contributed by atoms with E-state index in [-0.39, 0.29) is 30.3 Å². The zero-order chi connectivity index (χ0) is 26.9. The summed E-state index contributed by atoms with van der Waals surface area (Å²) >= 11 is 0. The molecule has 4 rings (SSSR count). The summed E-state index contributed by atoms with van der Waals surface area (Å²) in [6, 6.07) is 4.73. The van der Waals surface area contributed by atoms with Gasteiger partial charge in [-0.1, -0.05) is 51.0 Å². The van der Waals surface area contributed by atoms with Gasteiger partial charge in [0.15, 0.2) is 5.69 Å². The van der Waals surface area contributed by atoms with Crippen LogP contribution >= 0.6 is 0 Å². The number of unbranched alkanes of at least 4 members (excludes halogenated alkanes) is 1. The third-order valence-electron chi connectivity index (χ3n) is 7.76. The fourth-order valence-electron chi connectivity index (χ4n) is 5.63. The van der Waals surface area contributed by atoms with Crippen LogP contribution in [0.5, 0.6) is 5.75 Å². The van der Waals surface area contributed by atoms with Crippen molar-refractivity contribution in [3.63, 3.8) is 0 Å². The first-order chi connectivity index (χ1) is 18.5. The number of amides is 2. The molecule has 1 saturated heterocycles. The Balaban J connectivity index is 1.35. The van der Waals surface area contributed by atoms with E-state index in [4.69, 9.17) is 14.3 Å². The van der Waals surface area contributed by atoms with Crippen molar-refractivity contribution in [3.8, 4) is 5.75 Å². The Morgan fingerprint density at radius 2 is 1.95 bits per heavy atom. The number of carboxylic acid groups (broad SMARTS) is 1. The summed E-state index contributed by atoms with van der Waals surface area (Å²) in [5.74, 6) is 0.296. The van der Waals surface area contributed by atoms with E-state index in [2.05, 4.69) is 10.3 Å². The van der Waals surface area contributed by atoms with Crippen molar-refractivity contribution >= 4 is 17.8 Å². The van der Waals surface area contributed by atoms with Crippen molar-refractivity contribution in [2.24, 2.45) is 5.92 Å². The maximum atomic E-state index is 13.6. The lowest BCUT2D eigenvalue weighted by molar-refractivity contribution is -0.136. The van der Waals surface area contributed by atoms with Crippen molar-refractivity contribution < 1.29 is 28.6 Å². The van der Waals surface area contributed by atoms with Crippen LogP contribution in [0.25, 0.3) is 0 Å². The lowest BCUT2D eigenvalue weighted by atomic mass is 9.86. The second-order valence-corrected chi connectivity index (χ2v) is 10.4. The van der Waals surface area contributed by atoms with E-state index in [0.29, 0.717) is 42.3 Å². The molecule has 1 saturated carbocycles. The highest BCUT2D eigenvalue weighted by Gasteiger charge is 2.35. The highest BCUT2D eigenvalue weighted by atomic mass is 16.5. The third-order valence-corrected chi connectivity index (χ3v) is 7.76. The maximum absolute atomic E-state index is 13.6. The Hall–Kier alpha value is -3.36. The molecule has 9 nitrogen and oxygen atoms in total. The van der Waals surface area contributed by atoms with E-state index in [1.54, 1.807) is 23.1 Å². The molecule has 2 heterocycles. The number of carboxylic acids is 1. The van der Waals surface area contributed by atoms with Crippen LogP contribution in [0, 0.1) is 5.92 Å². The first-order valence-corrected chi connectivity index (χ1v) is 13.9. The van der Waals surface area contributed by atoms with Gasteiger partial charge in [0.2, 0.25) is 5.89 Å². The number of aromatic nitrogens is 1. The molecule has 0 radical (unpaired) electrons. The molecule has 1 aromatic heterocycles. The lowest BCUT2D eigenvalue weighted by Crippen LogP contribution is -2.31. The Morgan fingerprint density at radius 3 is 2.71 bits per heavy atom. The molecule has 1 aliphatic heterocycles. The predicted molar refractivity (Wildman–Crippen MR) is 141 cm³/mol.